The molecule has 2 N–H and O–H groups in total. The number of nitrogens with one attached hydrogen (secondary N) is 2. The Morgan fingerprint density at radius 1 is 1.23 bits per heavy atom. The summed E-state index contributed by atoms with van der Waals surface area (Å²) in [7, 11) is 0. The van der Waals surface area contributed by atoms with Gasteiger partial charge in [-0.25, -0.2) is 0 Å². The van der Waals surface area contributed by atoms with Gasteiger partial charge in [0.05, 0.1) is 35.9 Å². The molecule has 0 aliphatic carbocycles. The Balaban J connectivity index is 1.65. The van der Waals surface area contributed by atoms with Crippen LogP contribution < -0.4 is 15.5 Å². The molecule has 0 spiro atoms. The van der Waals surface area contributed by atoms with Crippen molar-refractivity contribution in [2.75, 3.05) is 36.5 Å². The average Bonchev–Trinajstić information content (AvgIpc) is 3.14. The molecule has 2 heterocycles. The molecular formula is C18H18ClN3O3S. The Labute approximate surface area is 161 Å². The number of para-hydroxylation sites is 1. The molecule has 1 aromatic carbocycles. The van der Waals surface area contributed by atoms with Gasteiger partial charge >= 0.3 is 0 Å². The highest BCUT2D eigenvalue weighted by Crippen LogP contribution is 2.34. The van der Waals surface area contributed by atoms with E-state index in [-0.39, 0.29) is 11.0 Å². The van der Waals surface area contributed by atoms with Crippen LogP contribution in [0.25, 0.3) is 6.08 Å². The molecule has 0 unspecified atom stereocenters. The largest absolute Gasteiger partial charge is 0.465 e. The fourth-order valence-electron chi connectivity index (χ4n) is 2.58. The molecule has 8 heteroatoms. The van der Waals surface area contributed by atoms with E-state index in [9.17, 15) is 4.79 Å². The van der Waals surface area contributed by atoms with E-state index in [0.717, 1.165) is 24.5 Å². The molecule has 3 rings (SSSR count). The molecule has 26 heavy (non-hydrogen) atoms. The van der Waals surface area contributed by atoms with Crippen molar-refractivity contribution in [1.82, 2.24) is 5.32 Å². The fourth-order valence-corrected chi connectivity index (χ4v) is 3.08. The van der Waals surface area contributed by atoms with Crippen LogP contribution in [0.15, 0.2) is 47.1 Å². The molecule has 1 amide bonds. The zero-order chi connectivity index (χ0) is 18.4. The molecule has 6 nitrogen and oxygen atoms in total. The number of hydrogen-bond donors (Lipinski definition) is 2. The van der Waals surface area contributed by atoms with E-state index in [4.69, 9.17) is 33.0 Å². The van der Waals surface area contributed by atoms with Crippen molar-refractivity contribution in [3.05, 3.63) is 53.5 Å². The molecule has 0 radical (unpaired) electrons. The molecule has 1 aliphatic heterocycles. The number of hydrogen-bond acceptors (Lipinski definition) is 5. The van der Waals surface area contributed by atoms with E-state index in [1.807, 2.05) is 18.2 Å². The Hall–Kier alpha value is -2.35. The number of morpholine rings is 1. The van der Waals surface area contributed by atoms with Gasteiger partial charge in [0, 0.05) is 19.2 Å². The number of benzene rings is 1. The van der Waals surface area contributed by atoms with Crippen LogP contribution >= 0.6 is 23.8 Å². The van der Waals surface area contributed by atoms with E-state index < -0.39 is 0 Å². The van der Waals surface area contributed by atoms with Crippen LogP contribution in [0.2, 0.25) is 5.02 Å². The summed E-state index contributed by atoms with van der Waals surface area (Å²) in [6, 6.07) is 9.02. The average molecular weight is 392 g/mol. The van der Waals surface area contributed by atoms with Crippen LogP contribution in [0.5, 0.6) is 0 Å². The molecule has 1 fully saturated rings. The molecule has 1 aromatic heterocycles. The third kappa shape index (κ3) is 4.85. The number of amides is 1. The van der Waals surface area contributed by atoms with E-state index in [2.05, 4.69) is 15.5 Å². The summed E-state index contributed by atoms with van der Waals surface area (Å²) in [6.07, 6.45) is 4.46. The van der Waals surface area contributed by atoms with E-state index in [0.29, 0.717) is 24.0 Å². The van der Waals surface area contributed by atoms with Gasteiger partial charge < -0.3 is 19.4 Å². The normalized spacial score (nSPS) is 14.4. The molecule has 136 valence electrons. The Morgan fingerprint density at radius 2 is 2.04 bits per heavy atom. The van der Waals surface area contributed by atoms with Crippen molar-refractivity contribution in [2.45, 2.75) is 0 Å². The summed E-state index contributed by atoms with van der Waals surface area (Å²) in [5.41, 5.74) is 1.58. The van der Waals surface area contributed by atoms with Gasteiger partial charge in [-0.2, -0.15) is 0 Å². The minimum absolute atomic E-state index is 0.191. The van der Waals surface area contributed by atoms with Gasteiger partial charge in [0.1, 0.15) is 5.76 Å². The standard InChI is InChI=1S/C18H18ClN3O3S/c19-14-4-1-5-15(17(14)22-8-11-24-12-9-22)20-18(26)21-16(23)7-6-13-3-2-10-25-13/h1-7,10H,8-9,11-12H2,(H2,20,21,23,26). The third-order valence-electron chi connectivity index (χ3n) is 3.74. The summed E-state index contributed by atoms with van der Waals surface area (Å²) in [6.45, 7) is 2.76. The van der Waals surface area contributed by atoms with Crippen molar-refractivity contribution < 1.29 is 13.9 Å². The molecule has 1 saturated heterocycles. The van der Waals surface area contributed by atoms with Gasteiger partial charge in [-0.15, -0.1) is 0 Å². The summed E-state index contributed by atoms with van der Waals surface area (Å²) in [4.78, 5) is 14.1. The second kappa shape index (κ2) is 8.84. The lowest BCUT2D eigenvalue weighted by Gasteiger charge is -2.31. The highest BCUT2D eigenvalue weighted by Gasteiger charge is 2.18. The number of rotatable bonds is 4. The van der Waals surface area contributed by atoms with Crippen molar-refractivity contribution in [3.8, 4) is 0 Å². The Kier molecular flexibility index (Phi) is 6.27. The summed E-state index contributed by atoms with van der Waals surface area (Å²) >= 11 is 11.6. The maximum Gasteiger partial charge on any atom is 0.250 e. The number of nitrogens with zero attached hydrogens (tertiary/aromatic N) is 1. The predicted molar refractivity (Wildman–Crippen MR) is 107 cm³/mol. The van der Waals surface area contributed by atoms with Crippen molar-refractivity contribution >= 4 is 52.3 Å². The molecule has 0 saturated carbocycles. The highest BCUT2D eigenvalue weighted by molar-refractivity contribution is 7.80. The molecular weight excluding hydrogens is 374 g/mol. The zero-order valence-corrected chi connectivity index (χ0v) is 15.5. The van der Waals surface area contributed by atoms with Crippen LogP contribution in [-0.2, 0) is 9.53 Å². The lowest BCUT2D eigenvalue weighted by atomic mass is 10.2. The molecule has 0 bridgehead atoms. The van der Waals surface area contributed by atoms with E-state index >= 15 is 0 Å². The van der Waals surface area contributed by atoms with Gasteiger partial charge in [0.2, 0.25) is 5.91 Å². The first-order chi connectivity index (χ1) is 12.6. The summed E-state index contributed by atoms with van der Waals surface area (Å²) in [5, 5.41) is 6.46. The number of carbonyl (C=O) groups excluding carboxylic acids is 1. The van der Waals surface area contributed by atoms with Gasteiger partial charge in [-0.3, -0.25) is 10.1 Å². The maximum atomic E-state index is 12.0. The number of thiocarbonyl (C=S) groups is 1. The first kappa shape index (κ1) is 18.4. The maximum absolute atomic E-state index is 12.0. The molecule has 1 aliphatic rings. The summed E-state index contributed by atoms with van der Waals surface area (Å²) in [5.74, 6) is 0.234. The number of carbonyl (C=O) groups is 1. The highest BCUT2D eigenvalue weighted by atomic mass is 35.5. The van der Waals surface area contributed by atoms with Crippen molar-refractivity contribution in [1.29, 1.82) is 0 Å². The number of halogens is 1. The number of ether oxygens (including phenoxy) is 1. The van der Waals surface area contributed by atoms with Crippen molar-refractivity contribution in [3.63, 3.8) is 0 Å². The van der Waals surface area contributed by atoms with Crippen LogP contribution in [0, 0.1) is 0 Å². The smallest absolute Gasteiger partial charge is 0.250 e. The number of furan rings is 1. The SMILES string of the molecule is O=C(C=Cc1ccco1)NC(=S)Nc1cccc(Cl)c1N1CCOCC1. The lowest BCUT2D eigenvalue weighted by Crippen LogP contribution is -2.38. The van der Waals surface area contributed by atoms with Gasteiger partial charge in [-0.1, -0.05) is 17.7 Å². The number of anilines is 2. The first-order valence-electron chi connectivity index (χ1n) is 8.08. The second-order valence-corrected chi connectivity index (χ2v) is 6.34. The van der Waals surface area contributed by atoms with Crippen LogP contribution in [0.3, 0.4) is 0 Å². The van der Waals surface area contributed by atoms with Crippen LogP contribution in [0.4, 0.5) is 11.4 Å². The van der Waals surface area contributed by atoms with Crippen LogP contribution in [-0.4, -0.2) is 37.3 Å². The summed E-state index contributed by atoms with van der Waals surface area (Å²) < 4.78 is 10.5. The monoisotopic (exact) mass is 391 g/mol. The molecule has 0 atom stereocenters. The Bertz CT molecular complexity index is 802. The first-order valence-corrected chi connectivity index (χ1v) is 8.87. The lowest BCUT2D eigenvalue weighted by molar-refractivity contribution is -0.115. The third-order valence-corrected chi connectivity index (χ3v) is 4.25. The fraction of sp³-hybridized carbons (Fsp3) is 0.222. The van der Waals surface area contributed by atoms with Crippen LogP contribution in [0.1, 0.15) is 5.76 Å². The molecule has 2 aromatic rings. The quantitative estimate of drug-likeness (QED) is 0.615. The van der Waals surface area contributed by atoms with Crippen molar-refractivity contribution in [2.24, 2.45) is 0 Å². The Morgan fingerprint density at radius 3 is 2.77 bits per heavy atom. The van der Waals surface area contributed by atoms with E-state index in [1.165, 1.54) is 12.3 Å². The minimum Gasteiger partial charge on any atom is -0.465 e. The second-order valence-electron chi connectivity index (χ2n) is 5.53. The minimum atomic E-state index is -0.353. The van der Waals surface area contributed by atoms with Gasteiger partial charge in [0.15, 0.2) is 5.11 Å². The topological polar surface area (TPSA) is 66.7 Å². The van der Waals surface area contributed by atoms with Gasteiger partial charge in [-0.05, 0) is 42.6 Å². The van der Waals surface area contributed by atoms with E-state index in [1.54, 1.807) is 18.2 Å². The zero-order valence-electron chi connectivity index (χ0n) is 13.9. The van der Waals surface area contributed by atoms with Gasteiger partial charge in [0.25, 0.3) is 0 Å². The predicted octanol–water partition coefficient (Wildman–Crippen LogP) is 3.30.